The van der Waals surface area contributed by atoms with Gasteiger partial charge in [0.25, 0.3) is 5.69 Å². The third-order valence-electron chi connectivity index (χ3n) is 6.24. The van der Waals surface area contributed by atoms with Crippen LogP contribution in [-0.2, 0) is 14.4 Å². The average molecular weight is 504 g/mol. The Labute approximate surface area is 203 Å². The third kappa shape index (κ3) is 6.45. The average Bonchev–Trinajstić information content (AvgIpc) is 2.76. The normalized spacial score (nSPS) is 15.1. The molecule has 0 radical (unpaired) electrons. The van der Waals surface area contributed by atoms with E-state index < -0.39 is 45.4 Å². The van der Waals surface area contributed by atoms with Crippen molar-refractivity contribution in [2.24, 2.45) is 0 Å². The van der Waals surface area contributed by atoms with Crippen LogP contribution in [-0.4, -0.2) is 39.8 Å². The fourth-order valence-corrected chi connectivity index (χ4v) is 5.46. The fourth-order valence-electron chi connectivity index (χ4n) is 2.96. The Morgan fingerprint density at radius 3 is 2.18 bits per heavy atom. The second-order valence-electron chi connectivity index (χ2n) is 9.81. The summed E-state index contributed by atoms with van der Waals surface area (Å²) in [7, 11) is -6.59. The van der Waals surface area contributed by atoms with E-state index in [1.807, 2.05) is 30.3 Å². The van der Waals surface area contributed by atoms with E-state index in [4.69, 9.17) is 10.8 Å². The lowest BCUT2D eigenvalue weighted by atomic mass is 9.94. The van der Waals surface area contributed by atoms with Crippen LogP contribution in [0.25, 0.3) is 0 Å². The lowest BCUT2D eigenvalue weighted by Crippen LogP contribution is -2.58. The number of nitrogens with zero attached hydrogens (tertiary/aromatic N) is 1. The molecule has 2 atom stereocenters. The van der Waals surface area contributed by atoms with Crippen molar-refractivity contribution < 1.29 is 17.8 Å². The number of para-hydroxylation sites is 2. The number of nitro benzene ring substituents is 1. The molecule has 0 amide bonds. The van der Waals surface area contributed by atoms with Crippen LogP contribution in [0, 0.1) is 22.5 Å². The molecule has 0 aliphatic carbocycles. The molecule has 10 heteroatoms. The fraction of sp³-hybridized carbons (Fsp3) is 0.417. The van der Waals surface area contributed by atoms with Crippen LogP contribution in [0.2, 0.25) is 18.1 Å². The van der Waals surface area contributed by atoms with Crippen molar-refractivity contribution in [3.63, 3.8) is 0 Å². The Morgan fingerprint density at radius 1 is 1.09 bits per heavy atom. The Morgan fingerprint density at radius 2 is 1.65 bits per heavy atom. The lowest BCUT2D eigenvalue weighted by molar-refractivity contribution is -0.387. The second-order valence-corrected chi connectivity index (χ2v) is 16.3. The van der Waals surface area contributed by atoms with Crippen LogP contribution in [0.4, 0.5) is 11.4 Å². The van der Waals surface area contributed by atoms with E-state index in [9.17, 15) is 18.5 Å². The van der Waals surface area contributed by atoms with Crippen LogP contribution >= 0.6 is 0 Å². The standard InChI is InChI=1S/C24H33N3O5SSi/c1-8-24(5,25-19-14-10-9-11-15-19)22(18-32-34(6,7)23(2,3)4)26-33(30,31)21-17-13-12-16-20(21)27(28)29/h1,9-17,22,25-26H,18H2,2-7H3/t22-,24-/m1/s1. The molecule has 0 aliphatic heterocycles. The van der Waals surface area contributed by atoms with Crippen LogP contribution in [0.1, 0.15) is 27.7 Å². The van der Waals surface area contributed by atoms with Crippen LogP contribution in [0.15, 0.2) is 59.5 Å². The van der Waals surface area contributed by atoms with Gasteiger partial charge < -0.3 is 9.74 Å². The maximum Gasteiger partial charge on any atom is 0.289 e. The predicted molar refractivity (Wildman–Crippen MR) is 138 cm³/mol. The quantitative estimate of drug-likeness (QED) is 0.209. The van der Waals surface area contributed by atoms with Crippen molar-refractivity contribution in [2.75, 3.05) is 11.9 Å². The number of terminal acetylenes is 1. The van der Waals surface area contributed by atoms with E-state index in [0.29, 0.717) is 5.69 Å². The molecule has 0 bridgehead atoms. The van der Waals surface area contributed by atoms with Crippen molar-refractivity contribution in [1.82, 2.24) is 4.72 Å². The topological polar surface area (TPSA) is 111 Å². The van der Waals surface area contributed by atoms with Crippen LogP contribution < -0.4 is 10.0 Å². The molecule has 2 aromatic rings. The van der Waals surface area contributed by atoms with Gasteiger partial charge in [0.15, 0.2) is 13.2 Å². The van der Waals surface area contributed by atoms with E-state index >= 15 is 0 Å². The van der Waals surface area contributed by atoms with Crippen LogP contribution in [0.5, 0.6) is 0 Å². The van der Waals surface area contributed by atoms with Gasteiger partial charge in [-0.15, -0.1) is 6.42 Å². The number of benzene rings is 2. The Hall–Kier alpha value is -2.71. The number of anilines is 1. The smallest absolute Gasteiger partial charge is 0.289 e. The van der Waals surface area contributed by atoms with Gasteiger partial charge in [-0.2, -0.15) is 0 Å². The molecule has 0 fully saturated rings. The number of nitro groups is 1. The summed E-state index contributed by atoms with van der Waals surface area (Å²) >= 11 is 0. The molecular weight excluding hydrogens is 470 g/mol. The summed E-state index contributed by atoms with van der Waals surface area (Å²) in [5.74, 6) is 2.68. The van der Waals surface area contributed by atoms with Gasteiger partial charge in [0.2, 0.25) is 10.0 Å². The van der Waals surface area contributed by atoms with E-state index in [1.54, 1.807) is 6.92 Å². The van der Waals surface area contributed by atoms with Gasteiger partial charge in [0.05, 0.1) is 17.6 Å². The summed E-state index contributed by atoms with van der Waals surface area (Å²) in [4.78, 5) is 10.3. The molecule has 0 spiro atoms. The highest BCUT2D eigenvalue weighted by molar-refractivity contribution is 7.89. The van der Waals surface area contributed by atoms with Crippen molar-refractivity contribution in [1.29, 1.82) is 0 Å². The minimum Gasteiger partial charge on any atom is -0.415 e. The van der Waals surface area contributed by atoms with Crippen molar-refractivity contribution in [3.05, 3.63) is 64.7 Å². The minimum absolute atomic E-state index is 0.0170. The van der Waals surface area contributed by atoms with Gasteiger partial charge in [0, 0.05) is 11.8 Å². The molecule has 2 aromatic carbocycles. The maximum atomic E-state index is 13.3. The summed E-state index contributed by atoms with van der Waals surface area (Å²) < 4.78 is 35.6. The zero-order chi connectivity index (χ0) is 25.8. The molecule has 0 saturated carbocycles. The molecular formula is C24H33N3O5SSi. The SMILES string of the molecule is C#C[C@@](C)(Nc1ccccc1)[C@@H](CO[Si](C)(C)C(C)(C)C)NS(=O)(=O)c1ccccc1[N+](=O)[O-]. The van der Waals surface area contributed by atoms with Gasteiger partial charge >= 0.3 is 0 Å². The van der Waals surface area contributed by atoms with E-state index in [1.165, 1.54) is 18.2 Å². The van der Waals surface area contributed by atoms with E-state index in [-0.39, 0.29) is 11.6 Å². The van der Waals surface area contributed by atoms with Gasteiger partial charge in [-0.05, 0) is 43.3 Å². The Kier molecular flexibility index (Phi) is 8.32. The highest BCUT2D eigenvalue weighted by Gasteiger charge is 2.42. The van der Waals surface area contributed by atoms with Crippen molar-refractivity contribution in [3.8, 4) is 12.3 Å². The first-order valence-corrected chi connectivity index (χ1v) is 15.2. The summed E-state index contributed by atoms with van der Waals surface area (Å²) in [6.07, 6.45) is 5.92. The number of nitrogens with one attached hydrogen (secondary N) is 2. The Balaban J connectivity index is 2.50. The number of hydrogen-bond acceptors (Lipinski definition) is 6. The first-order chi connectivity index (χ1) is 15.6. The summed E-state index contributed by atoms with van der Waals surface area (Å²) in [5, 5.41) is 14.6. The zero-order valence-electron chi connectivity index (χ0n) is 20.5. The van der Waals surface area contributed by atoms with Gasteiger partial charge in [-0.3, -0.25) is 10.1 Å². The van der Waals surface area contributed by atoms with Gasteiger partial charge in [0.1, 0.15) is 5.54 Å². The molecule has 0 heterocycles. The number of rotatable bonds is 10. The van der Waals surface area contributed by atoms with E-state index in [2.05, 4.69) is 49.8 Å². The number of sulfonamides is 1. The molecule has 34 heavy (non-hydrogen) atoms. The second kappa shape index (κ2) is 10.3. The van der Waals surface area contributed by atoms with Gasteiger partial charge in [-0.1, -0.05) is 57.0 Å². The summed E-state index contributed by atoms with van der Waals surface area (Å²) in [6, 6.07) is 13.4. The molecule has 0 aliphatic rings. The molecule has 0 unspecified atom stereocenters. The minimum atomic E-state index is -4.32. The third-order valence-corrected chi connectivity index (χ3v) is 12.3. The Bertz CT molecular complexity index is 1160. The predicted octanol–water partition coefficient (Wildman–Crippen LogP) is 4.77. The van der Waals surface area contributed by atoms with Crippen molar-refractivity contribution in [2.45, 2.75) is 62.3 Å². The summed E-state index contributed by atoms with van der Waals surface area (Å²) in [6.45, 7) is 12.0. The summed E-state index contributed by atoms with van der Waals surface area (Å²) in [5.41, 5.74) is -1.02. The monoisotopic (exact) mass is 503 g/mol. The van der Waals surface area contributed by atoms with E-state index in [0.717, 1.165) is 6.07 Å². The lowest BCUT2D eigenvalue weighted by Gasteiger charge is -2.40. The molecule has 0 aromatic heterocycles. The maximum absolute atomic E-state index is 13.3. The molecule has 2 rings (SSSR count). The number of hydrogen-bond donors (Lipinski definition) is 2. The molecule has 8 nitrogen and oxygen atoms in total. The molecule has 2 N–H and O–H groups in total. The highest BCUT2D eigenvalue weighted by Crippen LogP contribution is 2.37. The van der Waals surface area contributed by atoms with Crippen molar-refractivity contribution >= 4 is 29.7 Å². The first-order valence-electron chi connectivity index (χ1n) is 10.8. The first kappa shape index (κ1) is 27.5. The van der Waals surface area contributed by atoms with Gasteiger partial charge in [-0.25, -0.2) is 13.1 Å². The zero-order valence-corrected chi connectivity index (χ0v) is 22.3. The largest absolute Gasteiger partial charge is 0.415 e. The van der Waals surface area contributed by atoms with Crippen LogP contribution in [0.3, 0.4) is 0 Å². The molecule has 184 valence electrons. The highest BCUT2D eigenvalue weighted by atomic mass is 32.2. The molecule has 0 saturated heterocycles.